The van der Waals surface area contributed by atoms with Crippen molar-refractivity contribution >= 4 is 52.0 Å². The fourth-order valence-electron chi connectivity index (χ4n) is 3.80. The van der Waals surface area contributed by atoms with Crippen LogP contribution in [0.4, 0.5) is 15.9 Å². The number of halogens is 1. The lowest BCUT2D eigenvalue weighted by Gasteiger charge is -2.38. The number of anilines is 2. The normalized spacial score (nSPS) is 15.5. The average molecular weight is 485 g/mol. The third-order valence-corrected chi connectivity index (χ3v) is 5.87. The average Bonchev–Trinajstić information content (AvgIpc) is 2.82. The number of nitrogens with one attached hydrogen (secondary N) is 2. The van der Waals surface area contributed by atoms with Crippen molar-refractivity contribution in [2.45, 2.75) is 24.0 Å². The van der Waals surface area contributed by atoms with Crippen LogP contribution in [0.1, 0.15) is 28.9 Å². The number of amides is 1. The van der Waals surface area contributed by atoms with E-state index in [1.54, 1.807) is 24.4 Å². The monoisotopic (exact) mass is 485 g/mol. The summed E-state index contributed by atoms with van der Waals surface area (Å²) in [5, 5.41) is 22.0. The summed E-state index contributed by atoms with van der Waals surface area (Å²) in [6.45, 7) is 4.28. The van der Waals surface area contributed by atoms with Crippen LogP contribution in [0.15, 0.2) is 42.6 Å². The van der Waals surface area contributed by atoms with E-state index in [1.165, 1.54) is 18.2 Å². The Labute approximate surface area is 211 Å². The van der Waals surface area contributed by atoms with Crippen LogP contribution >= 0.6 is 0 Å². The molecule has 1 saturated heterocycles. The van der Waals surface area contributed by atoms with Gasteiger partial charge in [-0.25, -0.2) is 9.37 Å². The van der Waals surface area contributed by atoms with Gasteiger partial charge in [0.25, 0.3) is 5.91 Å². The third-order valence-electron chi connectivity index (χ3n) is 5.87. The summed E-state index contributed by atoms with van der Waals surface area (Å²) in [5.41, 5.74) is -0.981. The number of ether oxygens (including phenoxy) is 1. The standard InChI is InChI=1S/C23H23B3FN5O4/c1-13(29-16-4-2-3-15(27)11-16)17-9-14(21(33)31-22(24,25)23(26,34)35)10-18-20(17)30-19(12-28-18)32-5-7-36-8-6-32/h2-4,9-13,29,34-35H,5-8H2,1H3,(H,31,33). The van der Waals surface area contributed by atoms with Crippen molar-refractivity contribution in [3.63, 3.8) is 0 Å². The Hall–Kier alpha value is -3.15. The third kappa shape index (κ3) is 5.64. The van der Waals surface area contributed by atoms with E-state index in [4.69, 9.17) is 33.3 Å². The van der Waals surface area contributed by atoms with E-state index in [0.717, 1.165) is 0 Å². The van der Waals surface area contributed by atoms with Crippen molar-refractivity contribution in [1.29, 1.82) is 0 Å². The molecule has 1 fully saturated rings. The molecule has 0 bridgehead atoms. The van der Waals surface area contributed by atoms with Gasteiger partial charge in [-0.3, -0.25) is 9.78 Å². The topological polar surface area (TPSA) is 120 Å². The number of fused-ring (bicyclic) bond motifs is 1. The van der Waals surface area contributed by atoms with Gasteiger partial charge in [0.05, 0.1) is 52.2 Å². The molecule has 3 aromatic rings. The second kappa shape index (κ2) is 10.1. The molecule has 1 atom stereocenters. The maximum absolute atomic E-state index is 13.7. The lowest BCUT2D eigenvalue weighted by molar-refractivity contribution is -0.102. The number of hydrogen-bond donors (Lipinski definition) is 4. The molecule has 1 unspecified atom stereocenters. The van der Waals surface area contributed by atoms with Crippen LogP contribution in [-0.2, 0) is 4.74 Å². The fourth-order valence-corrected chi connectivity index (χ4v) is 3.80. The van der Waals surface area contributed by atoms with Crippen LogP contribution in [0.5, 0.6) is 0 Å². The number of morpholine rings is 1. The van der Waals surface area contributed by atoms with Crippen molar-refractivity contribution in [3.8, 4) is 0 Å². The minimum atomic E-state index is -3.08. The molecule has 36 heavy (non-hydrogen) atoms. The first-order chi connectivity index (χ1) is 16.9. The number of nitrogens with zero attached hydrogens (tertiary/aromatic N) is 3. The molecule has 13 heteroatoms. The van der Waals surface area contributed by atoms with Gasteiger partial charge in [0.2, 0.25) is 0 Å². The maximum Gasteiger partial charge on any atom is 0.250 e. The molecule has 180 valence electrons. The fraction of sp³-hybridized carbons (Fsp3) is 0.348. The van der Waals surface area contributed by atoms with Gasteiger partial charge >= 0.3 is 0 Å². The molecule has 0 aliphatic carbocycles. The largest absolute Gasteiger partial charge is 0.378 e. The zero-order chi connectivity index (χ0) is 26.1. The van der Waals surface area contributed by atoms with E-state index >= 15 is 0 Å². The summed E-state index contributed by atoms with van der Waals surface area (Å²) in [6, 6.07) is 8.55. The summed E-state index contributed by atoms with van der Waals surface area (Å²) in [5.74, 6) is -0.572. The molecule has 6 radical (unpaired) electrons. The van der Waals surface area contributed by atoms with Crippen molar-refractivity contribution in [3.05, 3.63) is 59.5 Å². The van der Waals surface area contributed by atoms with Crippen molar-refractivity contribution in [2.24, 2.45) is 0 Å². The van der Waals surface area contributed by atoms with Gasteiger partial charge in [0.15, 0.2) is 7.85 Å². The van der Waals surface area contributed by atoms with Gasteiger partial charge < -0.3 is 30.5 Å². The lowest BCUT2D eigenvalue weighted by atomic mass is 9.51. The van der Waals surface area contributed by atoms with Gasteiger partial charge in [0.1, 0.15) is 17.3 Å². The maximum atomic E-state index is 13.7. The molecule has 4 N–H and O–H groups in total. The van der Waals surface area contributed by atoms with E-state index in [2.05, 4.69) is 15.6 Å². The zero-order valence-electron chi connectivity index (χ0n) is 19.6. The van der Waals surface area contributed by atoms with Gasteiger partial charge in [-0.2, -0.15) is 0 Å². The number of benzene rings is 2. The summed E-state index contributed by atoms with van der Waals surface area (Å²) >= 11 is 0. The first kappa shape index (κ1) is 25.9. The van der Waals surface area contributed by atoms with Crippen LogP contribution in [0.25, 0.3) is 11.0 Å². The molecule has 9 nitrogen and oxygen atoms in total. The van der Waals surface area contributed by atoms with Crippen LogP contribution in [0.2, 0.25) is 0 Å². The second-order valence-electron chi connectivity index (χ2n) is 8.69. The Bertz CT molecular complexity index is 1270. The SMILES string of the molecule is [B]C(O)(O)C([B])([B])NC(=O)c1cc(C(C)Nc2cccc(F)c2)c2nc(N3CCOCC3)cnc2c1. The first-order valence-electron chi connectivity index (χ1n) is 11.2. The van der Waals surface area contributed by atoms with E-state index < -0.39 is 28.8 Å². The van der Waals surface area contributed by atoms with Crippen molar-refractivity contribution < 1.29 is 24.1 Å². The molecule has 4 rings (SSSR count). The molecular weight excluding hydrogens is 462 g/mol. The van der Waals surface area contributed by atoms with Gasteiger partial charge in [0, 0.05) is 35.2 Å². The smallest absolute Gasteiger partial charge is 0.250 e. The number of rotatable bonds is 7. The van der Waals surface area contributed by atoms with Crippen LogP contribution in [-0.4, -0.2) is 87.0 Å². The Morgan fingerprint density at radius 3 is 2.58 bits per heavy atom. The molecule has 0 spiro atoms. The Morgan fingerprint density at radius 1 is 1.19 bits per heavy atom. The van der Waals surface area contributed by atoms with Crippen LogP contribution in [0.3, 0.4) is 0 Å². The molecule has 2 heterocycles. The molecule has 1 aliphatic rings. The number of carbonyl (C=O) groups excluding carboxylic acids is 1. The number of aromatic nitrogens is 2. The van der Waals surface area contributed by atoms with E-state index in [1.807, 2.05) is 11.8 Å². The van der Waals surface area contributed by atoms with Crippen LogP contribution < -0.4 is 15.5 Å². The quantitative estimate of drug-likeness (QED) is 0.279. The van der Waals surface area contributed by atoms with E-state index in [0.29, 0.717) is 54.4 Å². The van der Waals surface area contributed by atoms with E-state index in [-0.39, 0.29) is 5.56 Å². The molecule has 0 saturated carbocycles. The van der Waals surface area contributed by atoms with Gasteiger partial charge in [-0.1, -0.05) is 6.07 Å². The highest BCUT2D eigenvalue weighted by atomic mass is 19.1. The Morgan fingerprint density at radius 2 is 1.92 bits per heavy atom. The second-order valence-corrected chi connectivity index (χ2v) is 8.69. The zero-order valence-corrected chi connectivity index (χ0v) is 19.6. The van der Waals surface area contributed by atoms with Crippen molar-refractivity contribution in [2.75, 3.05) is 36.5 Å². The summed E-state index contributed by atoms with van der Waals surface area (Å²) in [6.07, 6.45) is 1.60. The lowest BCUT2D eigenvalue weighted by Crippen LogP contribution is -2.66. The summed E-state index contributed by atoms with van der Waals surface area (Å²) in [7, 11) is 16.3. The predicted molar refractivity (Wildman–Crippen MR) is 136 cm³/mol. The Balaban J connectivity index is 1.76. The predicted octanol–water partition coefficient (Wildman–Crippen LogP) is 0.306. The molecule has 2 aromatic carbocycles. The molecule has 1 aliphatic heterocycles. The Kier molecular flexibility index (Phi) is 7.26. The minimum absolute atomic E-state index is 0.0725. The summed E-state index contributed by atoms with van der Waals surface area (Å²) in [4.78, 5) is 24.3. The van der Waals surface area contributed by atoms with Crippen molar-refractivity contribution in [1.82, 2.24) is 15.3 Å². The molecule has 1 aromatic heterocycles. The first-order valence-corrected chi connectivity index (χ1v) is 11.2. The van der Waals surface area contributed by atoms with Gasteiger partial charge in [-0.15, -0.1) is 0 Å². The van der Waals surface area contributed by atoms with Gasteiger partial charge in [-0.05, 0) is 37.3 Å². The molecular formula is C23H23B3FN5O4. The minimum Gasteiger partial charge on any atom is -0.378 e. The number of hydrogen-bond acceptors (Lipinski definition) is 8. The highest BCUT2D eigenvalue weighted by Crippen LogP contribution is 2.29. The summed E-state index contributed by atoms with van der Waals surface area (Å²) < 4.78 is 19.2. The van der Waals surface area contributed by atoms with Crippen LogP contribution in [0, 0.1) is 5.82 Å². The number of carbonyl (C=O) groups is 1. The highest BCUT2D eigenvalue weighted by molar-refractivity contribution is 6.45. The number of aliphatic hydroxyl groups is 2. The molecule has 1 amide bonds. The highest BCUT2D eigenvalue weighted by Gasteiger charge is 2.37. The van der Waals surface area contributed by atoms with E-state index in [9.17, 15) is 19.4 Å².